The predicted octanol–water partition coefficient (Wildman–Crippen LogP) is 4.13. The maximum Gasteiger partial charge on any atom is 0.130 e. The molecule has 3 heteroatoms. The number of rotatable bonds is 3. The largest absolute Gasteiger partial charge is 0.497 e. The van der Waals surface area contributed by atoms with Crippen molar-refractivity contribution in [2.24, 2.45) is 0 Å². The second-order valence-corrected chi connectivity index (χ2v) is 4.40. The number of hydrogen-bond acceptors (Lipinski definition) is 2. The Balaban J connectivity index is 2.56. The van der Waals surface area contributed by atoms with Crippen LogP contribution in [0.1, 0.15) is 0 Å². The van der Waals surface area contributed by atoms with E-state index in [-0.39, 0.29) is 0 Å². The molecule has 0 radical (unpaired) electrons. The highest BCUT2D eigenvalue weighted by molar-refractivity contribution is 9.10. The summed E-state index contributed by atoms with van der Waals surface area (Å²) in [5, 5.41) is 0. The summed E-state index contributed by atoms with van der Waals surface area (Å²) in [6.45, 7) is 0. The standard InChI is InChI=1S/C14H13BrO2/c1-16-10-7-8-12(14(9-10)17-2)11-5-3-4-6-13(11)15/h3-9H,1-2H3. The van der Waals surface area contributed by atoms with Gasteiger partial charge in [0.05, 0.1) is 14.2 Å². The Morgan fingerprint density at radius 3 is 2.29 bits per heavy atom. The van der Waals surface area contributed by atoms with Gasteiger partial charge in [-0.05, 0) is 23.8 Å². The molecule has 0 aliphatic rings. The molecule has 2 rings (SSSR count). The van der Waals surface area contributed by atoms with Gasteiger partial charge in [-0.2, -0.15) is 0 Å². The van der Waals surface area contributed by atoms with E-state index in [0.717, 1.165) is 27.1 Å². The highest BCUT2D eigenvalue weighted by Crippen LogP contribution is 2.36. The summed E-state index contributed by atoms with van der Waals surface area (Å²) in [4.78, 5) is 0. The third-order valence-electron chi connectivity index (χ3n) is 2.57. The summed E-state index contributed by atoms with van der Waals surface area (Å²) >= 11 is 3.55. The molecule has 0 unspecified atom stereocenters. The zero-order valence-electron chi connectivity index (χ0n) is 9.74. The fourth-order valence-electron chi connectivity index (χ4n) is 1.70. The Morgan fingerprint density at radius 2 is 1.65 bits per heavy atom. The van der Waals surface area contributed by atoms with Gasteiger partial charge < -0.3 is 9.47 Å². The maximum absolute atomic E-state index is 5.40. The van der Waals surface area contributed by atoms with Crippen molar-refractivity contribution in [1.29, 1.82) is 0 Å². The Hall–Kier alpha value is -1.48. The zero-order chi connectivity index (χ0) is 12.3. The Bertz CT molecular complexity index is 523. The van der Waals surface area contributed by atoms with Gasteiger partial charge in [-0.3, -0.25) is 0 Å². The van der Waals surface area contributed by atoms with E-state index in [2.05, 4.69) is 22.0 Å². The van der Waals surface area contributed by atoms with Gasteiger partial charge in [0.15, 0.2) is 0 Å². The van der Waals surface area contributed by atoms with Crippen LogP contribution in [0.15, 0.2) is 46.9 Å². The molecule has 2 nitrogen and oxygen atoms in total. The van der Waals surface area contributed by atoms with E-state index >= 15 is 0 Å². The molecular weight excluding hydrogens is 280 g/mol. The number of ether oxygens (including phenoxy) is 2. The molecule has 0 saturated carbocycles. The van der Waals surface area contributed by atoms with Crippen LogP contribution in [-0.2, 0) is 0 Å². The SMILES string of the molecule is COc1ccc(-c2ccccc2Br)c(OC)c1. The summed E-state index contributed by atoms with van der Waals surface area (Å²) in [5.74, 6) is 1.59. The van der Waals surface area contributed by atoms with Crippen LogP contribution in [0.25, 0.3) is 11.1 Å². The second kappa shape index (κ2) is 5.23. The van der Waals surface area contributed by atoms with Crippen molar-refractivity contribution in [2.45, 2.75) is 0 Å². The fraction of sp³-hybridized carbons (Fsp3) is 0.143. The van der Waals surface area contributed by atoms with Crippen LogP contribution in [0.5, 0.6) is 11.5 Å². The van der Waals surface area contributed by atoms with E-state index in [0.29, 0.717) is 0 Å². The minimum absolute atomic E-state index is 0.789. The Labute approximate surface area is 109 Å². The van der Waals surface area contributed by atoms with Crippen LogP contribution in [0, 0.1) is 0 Å². The first-order valence-corrected chi connectivity index (χ1v) is 6.02. The first-order valence-electron chi connectivity index (χ1n) is 5.23. The molecule has 0 fully saturated rings. The molecule has 0 N–H and O–H groups in total. The van der Waals surface area contributed by atoms with Gasteiger partial charge in [0.25, 0.3) is 0 Å². The zero-order valence-corrected chi connectivity index (χ0v) is 11.3. The van der Waals surface area contributed by atoms with Gasteiger partial charge in [0, 0.05) is 16.1 Å². The van der Waals surface area contributed by atoms with E-state index in [4.69, 9.17) is 9.47 Å². The van der Waals surface area contributed by atoms with Crippen LogP contribution < -0.4 is 9.47 Å². The molecule has 2 aromatic carbocycles. The summed E-state index contributed by atoms with van der Waals surface area (Å²) in [5.41, 5.74) is 2.15. The van der Waals surface area contributed by atoms with Gasteiger partial charge in [-0.15, -0.1) is 0 Å². The van der Waals surface area contributed by atoms with Gasteiger partial charge >= 0.3 is 0 Å². The molecule has 88 valence electrons. The van der Waals surface area contributed by atoms with Crippen molar-refractivity contribution >= 4 is 15.9 Å². The predicted molar refractivity (Wildman–Crippen MR) is 72.7 cm³/mol. The van der Waals surface area contributed by atoms with Crippen molar-refractivity contribution in [2.75, 3.05) is 14.2 Å². The quantitative estimate of drug-likeness (QED) is 0.847. The first-order chi connectivity index (χ1) is 8.26. The Morgan fingerprint density at radius 1 is 0.882 bits per heavy atom. The highest BCUT2D eigenvalue weighted by atomic mass is 79.9. The molecular formula is C14H13BrO2. The van der Waals surface area contributed by atoms with Crippen molar-refractivity contribution in [3.05, 3.63) is 46.9 Å². The molecule has 0 heterocycles. The van der Waals surface area contributed by atoms with E-state index in [1.54, 1.807) is 14.2 Å². The van der Waals surface area contributed by atoms with Crippen molar-refractivity contribution in [3.63, 3.8) is 0 Å². The summed E-state index contributed by atoms with van der Waals surface area (Å²) in [6.07, 6.45) is 0. The minimum Gasteiger partial charge on any atom is -0.497 e. The topological polar surface area (TPSA) is 18.5 Å². The molecule has 0 amide bonds. The van der Waals surface area contributed by atoms with Crippen molar-refractivity contribution in [1.82, 2.24) is 0 Å². The lowest BCUT2D eigenvalue weighted by atomic mass is 10.0. The van der Waals surface area contributed by atoms with E-state index in [1.165, 1.54) is 0 Å². The van der Waals surface area contributed by atoms with Gasteiger partial charge in [-0.1, -0.05) is 34.1 Å². The van der Waals surface area contributed by atoms with Gasteiger partial charge in [-0.25, -0.2) is 0 Å². The normalized spacial score (nSPS) is 10.1. The van der Waals surface area contributed by atoms with E-state index in [9.17, 15) is 0 Å². The van der Waals surface area contributed by atoms with Gasteiger partial charge in [0.2, 0.25) is 0 Å². The molecule has 0 saturated heterocycles. The van der Waals surface area contributed by atoms with Crippen LogP contribution >= 0.6 is 15.9 Å². The third kappa shape index (κ3) is 2.44. The van der Waals surface area contributed by atoms with Crippen LogP contribution in [-0.4, -0.2) is 14.2 Å². The van der Waals surface area contributed by atoms with Crippen molar-refractivity contribution in [3.8, 4) is 22.6 Å². The van der Waals surface area contributed by atoms with Crippen LogP contribution in [0.4, 0.5) is 0 Å². The molecule has 0 aliphatic heterocycles. The van der Waals surface area contributed by atoms with E-state index < -0.39 is 0 Å². The number of halogens is 1. The smallest absolute Gasteiger partial charge is 0.130 e. The molecule has 2 aromatic rings. The molecule has 17 heavy (non-hydrogen) atoms. The number of hydrogen-bond donors (Lipinski definition) is 0. The average molecular weight is 293 g/mol. The number of benzene rings is 2. The molecule has 0 spiro atoms. The van der Waals surface area contributed by atoms with Gasteiger partial charge in [0.1, 0.15) is 11.5 Å². The lowest BCUT2D eigenvalue weighted by Crippen LogP contribution is -1.90. The lowest BCUT2D eigenvalue weighted by molar-refractivity contribution is 0.395. The lowest BCUT2D eigenvalue weighted by Gasteiger charge is -2.11. The minimum atomic E-state index is 0.789. The average Bonchev–Trinajstić information content (AvgIpc) is 2.38. The molecule has 0 atom stereocenters. The third-order valence-corrected chi connectivity index (χ3v) is 3.26. The first kappa shape index (κ1) is 12.0. The van der Waals surface area contributed by atoms with Crippen LogP contribution in [0.2, 0.25) is 0 Å². The summed E-state index contributed by atoms with van der Waals surface area (Å²) < 4.78 is 11.6. The Kier molecular flexibility index (Phi) is 3.69. The van der Waals surface area contributed by atoms with E-state index in [1.807, 2.05) is 36.4 Å². The summed E-state index contributed by atoms with van der Waals surface area (Å²) in [7, 11) is 3.31. The molecule has 0 aromatic heterocycles. The number of methoxy groups -OCH3 is 2. The summed E-state index contributed by atoms with van der Waals surface area (Å²) in [6, 6.07) is 13.9. The monoisotopic (exact) mass is 292 g/mol. The molecule has 0 aliphatic carbocycles. The van der Waals surface area contributed by atoms with Crippen molar-refractivity contribution < 1.29 is 9.47 Å². The van der Waals surface area contributed by atoms with Crippen LogP contribution in [0.3, 0.4) is 0 Å². The second-order valence-electron chi connectivity index (χ2n) is 3.55. The maximum atomic E-state index is 5.40. The fourth-order valence-corrected chi connectivity index (χ4v) is 2.20. The highest BCUT2D eigenvalue weighted by Gasteiger charge is 2.09. The molecule has 0 bridgehead atoms.